The molecule has 3 amide bonds. The molecule has 0 atom stereocenters. The van der Waals surface area contributed by atoms with Crippen molar-refractivity contribution in [2.45, 2.75) is 72.0 Å². The Hall–Kier alpha value is -3.55. The van der Waals surface area contributed by atoms with E-state index in [-0.39, 0.29) is 38.2 Å². The summed E-state index contributed by atoms with van der Waals surface area (Å²) >= 11 is 0. The van der Waals surface area contributed by atoms with Gasteiger partial charge in [0, 0.05) is 39.1 Å². The van der Waals surface area contributed by atoms with Crippen molar-refractivity contribution >= 4 is 18.1 Å². The van der Waals surface area contributed by atoms with Crippen LogP contribution in [0.2, 0.25) is 0 Å². The van der Waals surface area contributed by atoms with E-state index in [2.05, 4.69) is 12.2 Å². The van der Waals surface area contributed by atoms with Crippen molar-refractivity contribution in [2.75, 3.05) is 32.7 Å². The summed E-state index contributed by atoms with van der Waals surface area (Å²) in [4.78, 5) is 41.1. The minimum atomic E-state index is -0.440. The highest BCUT2D eigenvalue weighted by Crippen LogP contribution is 2.09. The maximum Gasteiger partial charge on any atom is 0.410 e. The zero-order valence-electron chi connectivity index (χ0n) is 23.6. The van der Waals surface area contributed by atoms with E-state index in [1.807, 2.05) is 67.6 Å². The average Bonchev–Trinajstić information content (AvgIpc) is 2.97. The second-order valence-corrected chi connectivity index (χ2v) is 9.57. The summed E-state index contributed by atoms with van der Waals surface area (Å²) in [5, 5.41) is 2.93. The second kappa shape index (κ2) is 19.5. The van der Waals surface area contributed by atoms with Gasteiger partial charge in [0.1, 0.15) is 13.2 Å². The van der Waals surface area contributed by atoms with Crippen LogP contribution in [0.5, 0.6) is 0 Å². The molecule has 8 nitrogen and oxygen atoms in total. The lowest BCUT2D eigenvalue weighted by Crippen LogP contribution is -2.37. The molecule has 2 aromatic carbocycles. The fourth-order valence-corrected chi connectivity index (χ4v) is 4.01. The first kappa shape index (κ1) is 31.7. The Labute approximate surface area is 233 Å². The first-order chi connectivity index (χ1) is 19.0. The third-order valence-corrected chi connectivity index (χ3v) is 6.24. The standard InChI is InChI=1S/C31H45N3O5/c1-3-5-12-20-32-29(35)19-24-34(31(37)39-26-28-17-10-7-11-18-28)23-14-13-22-33(21-4-2)30(36)38-25-27-15-8-6-9-16-27/h6-11,15-18H,3-5,12-14,19-26H2,1-2H3,(H,32,35). The number of ether oxygens (including phenoxy) is 2. The molecule has 0 heterocycles. The number of hydrogen-bond acceptors (Lipinski definition) is 5. The number of amides is 3. The molecule has 0 aliphatic carbocycles. The molecule has 0 aliphatic heterocycles. The smallest absolute Gasteiger partial charge is 0.410 e. The van der Waals surface area contributed by atoms with Crippen LogP contribution in [0.4, 0.5) is 9.59 Å². The lowest BCUT2D eigenvalue weighted by atomic mass is 10.2. The normalized spacial score (nSPS) is 10.5. The van der Waals surface area contributed by atoms with Gasteiger partial charge in [0.15, 0.2) is 0 Å². The van der Waals surface area contributed by atoms with E-state index in [4.69, 9.17) is 9.47 Å². The molecule has 0 aromatic heterocycles. The third kappa shape index (κ3) is 13.7. The van der Waals surface area contributed by atoms with Crippen LogP contribution in [0.25, 0.3) is 0 Å². The predicted molar refractivity (Wildman–Crippen MR) is 153 cm³/mol. The molecule has 0 unspecified atom stereocenters. The summed E-state index contributed by atoms with van der Waals surface area (Å²) in [7, 11) is 0. The Morgan fingerprint density at radius 2 is 1.15 bits per heavy atom. The Balaban J connectivity index is 1.84. The van der Waals surface area contributed by atoms with Gasteiger partial charge >= 0.3 is 12.2 Å². The number of unbranched alkanes of at least 4 members (excludes halogenated alkanes) is 3. The van der Waals surface area contributed by atoms with Crippen LogP contribution in [-0.4, -0.2) is 60.6 Å². The molecular weight excluding hydrogens is 494 g/mol. The van der Waals surface area contributed by atoms with E-state index in [0.717, 1.165) is 36.8 Å². The van der Waals surface area contributed by atoms with E-state index >= 15 is 0 Å². The molecule has 2 rings (SSSR count). The molecule has 0 bridgehead atoms. The SMILES string of the molecule is CCCCCNC(=O)CCN(CCCCN(CCC)C(=O)OCc1ccccc1)C(=O)OCc1ccccc1. The van der Waals surface area contributed by atoms with E-state index in [0.29, 0.717) is 39.0 Å². The Morgan fingerprint density at radius 1 is 0.641 bits per heavy atom. The fraction of sp³-hybridized carbons (Fsp3) is 0.516. The molecular formula is C31H45N3O5. The van der Waals surface area contributed by atoms with Gasteiger partial charge in [-0.05, 0) is 36.8 Å². The first-order valence-electron chi connectivity index (χ1n) is 14.2. The van der Waals surface area contributed by atoms with Crippen molar-refractivity contribution in [1.29, 1.82) is 0 Å². The number of rotatable bonds is 18. The summed E-state index contributed by atoms with van der Waals surface area (Å²) in [6.07, 6.45) is 4.77. The molecule has 0 aliphatic rings. The summed E-state index contributed by atoms with van der Waals surface area (Å²) in [6, 6.07) is 19.1. The molecule has 0 saturated carbocycles. The van der Waals surface area contributed by atoms with Crippen LogP contribution in [0.1, 0.15) is 69.9 Å². The van der Waals surface area contributed by atoms with Crippen LogP contribution in [-0.2, 0) is 27.5 Å². The summed E-state index contributed by atoms with van der Waals surface area (Å²) in [5.74, 6) is -0.0674. The van der Waals surface area contributed by atoms with Gasteiger partial charge in [-0.15, -0.1) is 0 Å². The molecule has 0 saturated heterocycles. The van der Waals surface area contributed by atoms with E-state index in [9.17, 15) is 14.4 Å². The first-order valence-corrected chi connectivity index (χ1v) is 14.2. The number of nitrogens with one attached hydrogen (secondary N) is 1. The molecule has 0 radical (unpaired) electrons. The Bertz CT molecular complexity index is 955. The van der Waals surface area contributed by atoms with Crippen LogP contribution >= 0.6 is 0 Å². The monoisotopic (exact) mass is 539 g/mol. The van der Waals surface area contributed by atoms with Gasteiger partial charge in [-0.25, -0.2) is 9.59 Å². The lowest BCUT2D eigenvalue weighted by Gasteiger charge is -2.24. The molecule has 214 valence electrons. The highest BCUT2D eigenvalue weighted by Gasteiger charge is 2.18. The Kier molecular flexibility index (Phi) is 15.8. The van der Waals surface area contributed by atoms with Crippen LogP contribution < -0.4 is 5.32 Å². The van der Waals surface area contributed by atoms with E-state index in [1.165, 1.54) is 0 Å². The van der Waals surface area contributed by atoms with Gasteiger partial charge in [0.2, 0.25) is 5.91 Å². The molecule has 0 fully saturated rings. The number of hydrogen-bond donors (Lipinski definition) is 1. The predicted octanol–water partition coefficient (Wildman–Crippen LogP) is 6.15. The number of benzene rings is 2. The van der Waals surface area contributed by atoms with Crippen molar-refractivity contribution in [2.24, 2.45) is 0 Å². The average molecular weight is 540 g/mol. The van der Waals surface area contributed by atoms with E-state index < -0.39 is 6.09 Å². The number of carbonyl (C=O) groups is 3. The van der Waals surface area contributed by atoms with Crippen molar-refractivity contribution in [3.05, 3.63) is 71.8 Å². The maximum atomic E-state index is 12.9. The minimum Gasteiger partial charge on any atom is -0.445 e. The van der Waals surface area contributed by atoms with Gasteiger partial charge < -0.3 is 24.6 Å². The Morgan fingerprint density at radius 3 is 1.64 bits per heavy atom. The van der Waals surface area contributed by atoms with Crippen LogP contribution in [0.3, 0.4) is 0 Å². The van der Waals surface area contributed by atoms with Crippen LogP contribution in [0, 0.1) is 0 Å². The van der Waals surface area contributed by atoms with Crippen LogP contribution in [0.15, 0.2) is 60.7 Å². The third-order valence-electron chi connectivity index (χ3n) is 6.24. The van der Waals surface area contributed by atoms with Crippen molar-refractivity contribution in [3.63, 3.8) is 0 Å². The zero-order chi connectivity index (χ0) is 28.1. The zero-order valence-corrected chi connectivity index (χ0v) is 23.6. The quantitative estimate of drug-likeness (QED) is 0.230. The highest BCUT2D eigenvalue weighted by molar-refractivity contribution is 5.77. The van der Waals surface area contributed by atoms with Gasteiger partial charge in [-0.3, -0.25) is 4.79 Å². The molecule has 39 heavy (non-hydrogen) atoms. The summed E-state index contributed by atoms with van der Waals surface area (Å²) in [6.45, 7) is 7.07. The van der Waals surface area contributed by atoms with Gasteiger partial charge in [0.25, 0.3) is 0 Å². The lowest BCUT2D eigenvalue weighted by molar-refractivity contribution is -0.121. The van der Waals surface area contributed by atoms with Crippen molar-refractivity contribution < 1.29 is 23.9 Å². The summed E-state index contributed by atoms with van der Waals surface area (Å²) in [5.41, 5.74) is 1.85. The molecule has 8 heteroatoms. The summed E-state index contributed by atoms with van der Waals surface area (Å²) < 4.78 is 11.0. The van der Waals surface area contributed by atoms with Gasteiger partial charge in [-0.1, -0.05) is 87.4 Å². The highest BCUT2D eigenvalue weighted by atomic mass is 16.6. The fourth-order valence-electron chi connectivity index (χ4n) is 4.01. The van der Waals surface area contributed by atoms with E-state index in [1.54, 1.807) is 9.80 Å². The van der Waals surface area contributed by atoms with Crippen molar-refractivity contribution in [3.8, 4) is 0 Å². The molecule has 0 spiro atoms. The molecule has 1 N–H and O–H groups in total. The number of nitrogens with zero attached hydrogens (tertiary/aromatic N) is 2. The van der Waals surface area contributed by atoms with Gasteiger partial charge in [-0.2, -0.15) is 0 Å². The largest absolute Gasteiger partial charge is 0.445 e. The van der Waals surface area contributed by atoms with Crippen molar-refractivity contribution in [1.82, 2.24) is 15.1 Å². The maximum absolute atomic E-state index is 12.9. The van der Waals surface area contributed by atoms with Gasteiger partial charge in [0.05, 0.1) is 0 Å². The number of carbonyl (C=O) groups excluding carboxylic acids is 3. The minimum absolute atomic E-state index is 0.0674. The molecule has 2 aromatic rings. The second-order valence-electron chi connectivity index (χ2n) is 9.57. The topological polar surface area (TPSA) is 88.2 Å².